The first kappa shape index (κ1) is 13.1. The van der Waals surface area contributed by atoms with E-state index in [2.05, 4.69) is 26.2 Å². The summed E-state index contributed by atoms with van der Waals surface area (Å²) in [7, 11) is 0. The molecule has 0 aliphatic carbocycles. The maximum atomic E-state index is 13.4. The highest BCUT2D eigenvalue weighted by Crippen LogP contribution is 2.19. The lowest BCUT2D eigenvalue weighted by Crippen LogP contribution is -2.00. The Balaban J connectivity index is 1.77. The first-order valence-electron chi connectivity index (χ1n) is 6.25. The van der Waals surface area contributed by atoms with Crippen molar-refractivity contribution in [3.63, 3.8) is 0 Å². The van der Waals surface area contributed by atoms with Crippen molar-refractivity contribution in [3.05, 3.63) is 70.6 Å². The van der Waals surface area contributed by atoms with Crippen molar-refractivity contribution in [2.75, 3.05) is 5.32 Å². The minimum Gasteiger partial charge on any atom is -0.380 e. The number of nitrogens with one attached hydrogen (secondary N) is 1. The third kappa shape index (κ3) is 2.80. The van der Waals surface area contributed by atoms with E-state index in [0.717, 1.165) is 22.2 Å². The second-order valence-corrected chi connectivity index (χ2v) is 5.37. The van der Waals surface area contributed by atoms with E-state index < -0.39 is 0 Å². The molecule has 4 heteroatoms. The molecule has 0 saturated carbocycles. The largest absolute Gasteiger partial charge is 0.380 e. The molecule has 3 aromatic rings. The monoisotopic (exact) mass is 330 g/mol. The van der Waals surface area contributed by atoms with Gasteiger partial charge in [-0.3, -0.25) is 4.98 Å². The van der Waals surface area contributed by atoms with Gasteiger partial charge in [-0.1, -0.05) is 24.3 Å². The molecule has 2 aromatic carbocycles. The molecule has 2 nitrogen and oxygen atoms in total. The summed E-state index contributed by atoms with van der Waals surface area (Å²) in [6.45, 7) is 0.560. The number of benzene rings is 2. The summed E-state index contributed by atoms with van der Waals surface area (Å²) in [5.74, 6) is -0.249. The van der Waals surface area contributed by atoms with Gasteiger partial charge in [0.05, 0.1) is 21.9 Å². The second kappa shape index (κ2) is 5.59. The van der Waals surface area contributed by atoms with Crippen LogP contribution in [0.1, 0.15) is 5.56 Å². The number of pyridine rings is 1. The average molecular weight is 331 g/mol. The molecular formula is C16H12BrFN2. The number of rotatable bonds is 3. The number of hydrogen-bond acceptors (Lipinski definition) is 2. The van der Waals surface area contributed by atoms with Gasteiger partial charge in [-0.25, -0.2) is 4.39 Å². The summed E-state index contributed by atoms with van der Waals surface area (Å²) in [6.07, 6.45) is 1.79. The Morgan fingerprint density at radius 2 is 1.95 bits per heavy atom. The average Bonchev–Trinajstić information content (AvgIpc) is 2.48. The van der Waals surface area contributed by atoms with Crippen LogP contribution in [0.25, 0.3) is 10.9 Å². The molecule has 0 amide bonds. The van der Waals surface area contributed by atoms with Gasteiger partial charge in [0.2, 0.25) is 0 Å². The number of anilines is 1. The molecule has 3 rings (SSSR count). The van der Waals surface area contributed by atoms with Gasteiger partial charge in [0.1, 0.15) is 5.82 Å². The quantitative estimate of drug-likeness (QED) is 0.749. The van der Waals surface area contributed by atoms with Gasteiger partial charge in [0.15, 0.2) is 0 Å². The number of para-hydroxylation sites is 1. The SMILES string of the molecule is Fc1cc(CNc2cnc3ccccc3c2)ccc1Br. The molecular weight excluding hydrogens is 319 g/mol. The van der Waals surface area contributed by atoms with E-state index in [4.69, 9.17) is 0 Å². The van der Waals surface area contributed by atoms with Crippen LogP contribution in [-0.4, -0.2) is 4.98 Å². The van der Waals surface area contributed by atoms with E-state index >= 15 is 0 Å². The number of halogens is 2. The first-order valence-corrected chi connectivity index (χ1v) is 7.04. The molecule has 0 atom stereocenters. The number of fused-ring (bicyclic) bond motifs is 1. The van der Waals surface area contributed by atoms with E-state index in [1.165, 1.54) is 6.07 Å². The molecule has 0 bridgehead atoms. The Labute approximate surface area is 124 Å². The van der Waals surface area contributed by atoms with Gasteiger partial charge >= 0.3 is 0 Å². The van der Waals surface area contributed by atoms with Gasteiger partial charge in [-0.15, -0.1) is 0 Å². The molecule has 1 heterocycles. The Morgan fingerprint density at radius 3 is 2.80 bits per heavy atom. The van der Waals surface area contributed by atoms with Crippen molar-refractivity contribution in [2.24, 2.45) is 0 Å². The fraction of sp³-hybridized carbons (Fsp3) is 0.0625. The van der Waals surface area contributed by atoms with Crippen LogP contribution in [0.5, 0.6) is 0 Å². The molecule has 0 saturated heterocycles. The van der Waals surface area contributed by atoms with Gasteiger partial charge in [0.25, 0.3) is 0 Å². The van der Waals surface area contributed by atoms with Crippen molar-refractivity contribution in [1.82, 2.24) is 4.98 Å². The Kier molecular flexibility index (Phi) is 3.65. The molecule has 0 unspecified atom stereocenters. The van der Waals surface area contributed by atoms with E-state index in [9.17, 15) is 4.39 Å². The third-order valence-electron chi connectivity index (χ3n) is 3.07. The van der Waals surface area contributed by atoms with Crippen molar-refractivity contribution < 1.29 is 4.39 Å². The van der Waals surface area contributed by atoms with E-state index in [1.807, 2.05) is 36.4 Å². The third-order valence-corrected chi connectivity index (χ3v) is 3.71. The van der Waals surface area contributed by atoms with Crippen LogP contribution in [0.2, 0.25) is 0 Å². The van der Waals surface area contributed by atoms with Gasteiger partial charge < -0.3 is 5.32 Å². The lowest BCUT2D eigenvalue weighted by molar-refractivity contribution is 0.619. The summed E-state index contributed by atoms with van der Waals surface area (Å²) >= 11 is 3.15. The van der Waals surface area contributed by atoms with Crippen LogP contribution in [0.3, 0.4) is 0 Å². The van der Waals surface area contributed by atoms with Gasteiger partial charge in [-0.2, -0.15) is 0 Å². The first-order chi connectivity index (χ1) is 9.72. The van der Waals surface area contributed by atoms with Crippen LogP contribution in [0, 0.1) is 5.82 Å². The molecule has 0 radical (unpaired) electrons. The highest BCUT2D eigenvalue weighted by atomic mass is 79.9. The molecule has 0 spiro atoms. The van der Waals surface area contributed by atoms with Crippen LogP contribution >= 0.6 is 15.9 Å². The smallest absolute Gasteiger partial charge is 0.137 e. The Morgan fingerprint density at radius 1 is 1.10 bits per heavy atom. The Bertz CT molecular complexity index is 758. The van der Waals surface area contributed by atoms with Crippen LogP contribution in [0.15, 0.2) is 59.2 Å². The van der Waals surface area contributed by atoms with Crippen molar-refractivity contribution >= 4 is 32.5 Å². The predicted octanol–water partition coefficient (Wildman–Crippen LogP) is 4.75. The molecule has 0 fully saturated rings. The van der Waals surface area contributed by atoms with Gasteiger partial charge in [0, 0.05) is 11.9 Å². The topological polar surface area (TPSA) is 24.9 Å². The van der Waals surface area contributed by atoms with E-state index in [0.29, 0.717) is 11.0 Å². The lowest BCUT2D eigenvalue weighted by atomic mass is 10.2. The summed E-state index contributed by atoms with van der Waals surface area (Å²) in [6, 6.07) is 15.1. The summed E-state index contributed by atoms with van der Waals surface area (Å²) < 4.78 is 13.9. The lowest BCUT2D eigenvalue weighted by Gasteiger charge is -2.08. The zero-order chi connectivity index (χ0) is 13.9. The Hall–Kier alpha value is -1.94. The zero-order valence-electron chi connectivity index (χ0n) is 10.6. The van der Waals surface area contributed by atoms with Gasteiger partial charge in [-0.05, 0) is 45.8 Å². The second-order valence-electron chi connectivity index (χ2n) is 4.52. The molecule has 20 heavy (non-hydrogen) atoms. The van der Waals surface area contributed by atoms with E-state index in [1.54, 1.807) is 12.3 Å². The number of aromatic nitrogens is 1. The minimum absolute atomic E-state index is 0.249. The summed E-state index contributed by atoms with van der Waals surface area (Å²) in [5, 5.41) is 4.34. The fourth-order valence-corrected chi connectivity index (χ4v) is 2.27. The highest BCUT2D eigenvalue weighted by Gasteiger charge is 2.01. The van der Waals surface area contributed by atoms with Crippen molar-refractivity contribution in [3.8, 4) is 0 Å². The molecule has 0 aliphatic rings. The molecule has 0 aliphatic heterocycles. The maximum Gasteiger partial charge on any atom is 0.137 e. The predicted molar refractivity (Wildman–Crippen MR) is 83.2 cm³/mol. The normalized spacial score (nSPS) is 10.7. The van der Waals surface area contributed by atoms with Crippen LogP contribution in [-0.2, 0) is 6.54 Å². The van der Waals surface area contributed by atoms with Crippen LogP contribution < -0.4 is 5.32 Å². The number of nitrogens with zero attached hydrogens (tertiary/aromatic N) is 1. The summed E-state index contributed by atoms with van der Waals surface area (Å²) in [5.41, 5.74) is 2.78. The highest BCUT2D eigenvalue weighted by molar-refractivity contribution is 9.10. The van der Waals surface area contributed by atoms with E-state index in [-0.39, 0.29) is 5.82 Å². The minimum atomic E-state index is -0.249. The molecule has 1 N–H and O–H groups in total. The molecule has 1 aromatic heterocycles. The number of hydrogen-bond donors (Lipinski definition) is 1. The molecule has 100 valence electrons. The maximum absolute atomic E-state index is 13.4. The summed E-state index contributed by atoms with van der Waals surface area (Å²) in [4.78, 5) is 4.38. The zero-order valence-corrected chi connectivity index (χ0v) is 12.2. The standard InChI is InChI=1S/C16H12BrFN2/c17-14-6-5-11(7-15(14)18)9-19-13-8-12-3-1-2-4-16(12)20-10-13/h1-8,10,19H,9H2. The van der Waals surface area contributed by atoms with Crippen LogP contribution in [0.4, 0.5) is 10.1 Å². The van der Waals surface area contributed by atoms with Crippen molar-refractivity contribution in [1.29, 1.82) is 0 Å². The van der Waals surface area contributed by atoms with Crippen molar-refractivity contribution in [2.45, 2.75) is 6.54 Å². The fourth-order valence-electron chi connectivity index (χ4n) is 2.02.